The normalized spacial score (nSPS) is 11.6. The molecule has 4 heterocycles. The van der Waals surface area contributed by atoms with E-state index in [4.69, 9.17) is 23.8 Å². The molecule has 52 heavy (non-hydrogen) atoms. The van der Waals surface area contributed by atoms with Gasteiger partial charge in [0.15, 0.2) is 17.5 Å². The van der Waals surface area contributed by atoms with E-state index in [1.54, 1.807) is 0 Å². The number of furan rings is 1. The van der Waals surface area contributed by atoms with Crippen LogP contribution in [0.3, 0.4) is 0 Å². The summed E-state index contributed by atoms with van der Waals surface area (Å²) in [4.78, 5) is 15.2. The van der Waals surface area contributed by atoms with Crippen LogP contribution >= 0.6 is 0 Å². The van der Waals surface area contributed by atoms with Gasteiger partial charge in [0.2, 0.25) is 0 Å². The Balaban J connectivity index is 1.16. The predicted octanol–water partition coefficient (Wildman–Crippen LogP) is 12.0. The molecule has 6 heteroatoms. The Hall–Kier alpha value is -7.05. The number of rotatable bonds is 4. The highest BCUT2D eigenvalue weighted by Gasteiger charge is 2.17. The van der Waals surface area contributed by atoms with Gasteiger partial charge in [-0.25, -0.2) is 15.0 Å². The molecule has 4 aromatic heterocycles. The molecule has 0 aliphatic carbocycles. The van der Waals surface area contributed by atoms with Crippen LogP contribution in [0.1, 0.15) is 5.76 Å². The maximum atomic E-state index is 6.45. The molecule has 0 saturated carbocycles. The van der Waals surface area contributed by atoms with E-state index in [1.807, 2.05) is 85.8 Å². The van der Waals surface area contributed by atoms with Crippen LogP contribution < -0.4 is 0 Å². The Morgan fingerprint density at radius 3 is 1.69 bits per heavy atom. The lowest BCUT2D eigenvalue weighted by molar-refractivity contribution is 0.570. The largest absolute Gasteiger partial charge is 0.461 e. The third kappa shape index (κ3) is 5.00. The van der Waals surface area contributed by atoms with Crippen molar-refractivity contribution in [2.75, 3.05) is 0 Å². The average Bonchev–Trinajstić information content (AvgIpc) is 3.75. The lowest BCUT2D eigenvalue weighted by atomic mass is 10.1. The van der Waals surface area contributed by atoms with Gasteiger partial charge in [-0.3, -0.25) is 0 Å². The van der Waals surface area contributed by atoms with E-state index in [1.165, 1.54) is 10.8 Å². The van der Waals surface area contributed by atoms with E-state index in [0.717, 1.165) is 66.3 Å². The molecule has 0 bridgehead atoms. The Morgan fingerprint density at radius 2 is 0.962 bits per heavy atom. The Bertz CT molecular complexity index is 2990. The first-order valence-corrected chi connectivity index (χ1v) is 17.3. The van der Waals surface area contributed by atoms with Crippen LogP contribution in [-0.4, -0.2) is 19.5 Å². The fourth-order valence-electron chi connectivity index (χ4n) is 7.17. The molecule has 0 aliphatic heterocycles. The number of hydrogen-bond acceptors (Lipinski definition) is 5. The first kappa shape index (κ1) is 29.8. The molecule has 6 aromatic carbocycles. The minimum absolute atomic E-state index is 0.512. The second kappa shape index (κ2) is 12.1. The van der Waals surface area contributed by atoms with Gasteiger partial charge in [-0.05, 0) is 73.7 Å². The zero-order valence-corrected chi connectivity index (χ0v) is 28.2. The van der Waals surface area contributed by atoms with Gasteiger partial charge in [-0.15, -0.1) is 0 Å². The fourth-order valence-corrected chi connectivity index (χ4v) is 7.17. The number of aryl methyl sites for hydroxylation is 1. The summed E-state index contributed by atoms with van der Waals surface area (Å²) in [5.74, 6) is 2.30. The smallest absolute Gasteiger partial charge is 0.167 e. The molecular formula is C46H30N4O2. The molecule has 0 unspecified atom stereocenters. The van der Waals surface area contributed by atoms with Gasteiger partial charge in [0, 0.05) is 43.7 Å². The summed E-state index contributed by atoms with van der Waals surface area (Å²) in [6.07, 6.45) is 0. The third-order valence-corrected chi connectivity index (χ3v) is 9.69. The number of aromatic nitrogens is 4. The van der Waals surface area contributed by atoms with Gasteiger partial charge in [-0.2, -0.15) is 0 Å². The Kier molecular flexibility index (Phi) is 6.93. The summed E-state index contributed by atoms with van der Waals surface area (Å²) in [6.45, 7) is 1.95. The number of para-hydroxylation sites is 4. The molecule has 0 radical (unpaired) electrons. The van der Waals surface area contributed by atoms with E-state index in [-0.39, 0.29) is 0 Å². The van der Waals surface area contributed by atoms with Gasteiger partial charge in [-0.1, -0.05) is 97.1 Å². The van der Waals surface area contributed by atoms with Crippen LogP contribution in [0.4, 0.5) is 0 Å². The van der Waals surface area contributed by atoms with Crippen molar-refractivity contribution in [3.8, 4) is 39.9 Å². The van der Waals surface area contributed by atoms with Crippen LogP contribution in [-0.2, 0) is 0 Å². The highest BCUT2D eigenvalue weighted by molar-refractivity contribution is 6.09. The highest BCUT2D eigenvalue weighted by atomic mass is 16.3. The van der Waals surface area contributed by atoms with Crippen molar-refractivity contribution >= 4 is 54.7 Å². The molecule has 10 rings (SSSR count). The summed E-state index contributed by atoms with van der Waals surface area (Å²) in [6, 6.07) is 55.7. The second-order valence-corrected chi connectivity index (χ2v) is 12.9. The lowest BCUT2D eigenvalue weighted by Crippen LogP contribution is -2.01. The summed E-state index contributed by atoms with van der Waals surface area (Å²) in [7, 11) is 0. The molecule has 246 valence electrons. The molecule has 0 fully saturated rings. The van der Waals surface area contributed by atoms with Crippen molar-refractivity contribution in [3.05, 3.63) is 170 Å². The van der Waals surface area contributed by atoms with E-state index in [9.17, 15) is 0 Å². The average molecular weight is 671 g/mol. The van der Waals surface area contributed by atoms with Crippen LogP contribution in [0.25, 0.3) is 94.6 Å². The van der Waals surface area contributed by atoms with E-state index >= 15 is 0 Å². The van der Waals surface area contributed by atoms with E-state index < -0.39 is 0 Å². The summed E-state index contributed by atoms with van der Waals surface area (Å²) < 4.78 is 15.0. The molecule has 6 nitrogen and oxygen atoms in total. The summed E-state index contributed by atoms with van der Waals surface area (Å²) in [5, 5.41) is 5.56. The molecule has 0 atom stereocenters. The van der Waals surface area contributed by atoms with Crippen molar-refractivity contribution in [2.24, 2.45) is 0 Å². The van der Waals surface area contributed by atoms with Crippen molar-refractivity contribution in [3.63, 3.8) is 0 Å². The van der Waals surface area contributed by atoms with Gasteiger partial charge in [0.1, 0.15) is 22.5 Å². The zero-order chi connectivity index (χ0) is 34.6. The van der Waals surface area contributed by atoms with Crippen molar-refractivity contribution < 1.29 is 8.83 Å². The molecule has 0 saturated heterocycles. The topological polar surface area (TPSA) is 69.9 Å². The standard InChI is InChI=1S/C46H30N4O2/c1-29-34(14-4-2-12-30-13-3-10-20-41(30)51-29)46-48-44(47-45(49-46)32-24-27-38-37-17-7-11-21-42(37)52-43(38)28-32)31-22-25-33(26-23-31)50-39-18-8-5-15-35(39)36-16-6-9-19-40(36)50/h2-28H,1H3. The van der Waals surface area contributed by atoms with Crippen LogP contribution in [0, 0.1) is 6.92 Å². The Morgan fingerprint density at radius 1 is 0.423 bits per heavy atom. The molecule has 0 spiro atoms. The van der Waals surface area contributed by atoms with Crippen LogP contribution in [0.5, 0.6) is 0 Å². The van der Waals surface area contributed by atoms with Gasteiger partial charge < -0.3 is 13.4 Å². The molecule has 0 aliphatic rings. The van der Waals surface area contributed by atoms with E-state index in [2.05, 4.69) is 89.5 Å². The minimum Gasteiger partial charge on any atom is -0.461 e. The van der Waals surface area contributed by atoms with E-state index in [0.29, 0.717) is 23.2 Å². The molecular weight excluding hydrogens is 641 g/mol. The summed E-state index contributed by atoms with van der Waals surface area (Å²) in [5.41, 5.74) is 8.23. The molecule has 0 N–H and O–H groups in total. The van der Waals surface area contributed by atoms with Crippen LogP contribution in [0.2, 0.25) is 0 Å². The second-order valence-electron chi connectivity index (χ2n) is 12.9. The van der Waals surface area contributed by atoms with Gasteiger partial charge >= 0.3 is 0 Å². The number of benzene rings is 6. The predicted molar refractivity (Wildman–Crippen MR) is 210 cm³/mol. The SMILES string of the molecule is Cc1oc2ccccc2ccccc1-c1nc(-c2ccc(-n3c4ccccc4c4ccccc43)cc2)nc(-c2ccc3c(c2)oc2ccccc23)n1. The first-order chi connectivity index (χ1) is 25.7. The zero-order valence-electron chi connectivity index (χ0n) is 28.2. The number of nitrogens with zero attached hydrogens (tertiary/aromatic N) is 4. The maximum absolute atomic E-state index is 6.45. The first-order valence-electron chi connectivity index (χ1n) is 17.3. The van der Waals surface area contributed by atoms with Crippen LogP contribution in [0.15, 0.2) is 173 Å². The van der Waals surface area contributed by atoms with Crippen molar-refractivity contribution in [1.82, 2.24) is 19.5 Å². The number of hydrogen-bond donors (Lipinski definition) is 0. The molecule has 10 aromatic rings. The lowest BCUT2D eigenvalue weighted by Gasteiger charge is -2.11. The van der Waals surface area contributed by atoms with Gasteiger partial charge in [0.05, 0.1) is 16.6 Å². The fraction of sp³-hybridized carbons (Fsp3) is 0.0217. The highest BCUT2D eigenvalue weighted by Crippen LogP contribution is 2.35. The summed E-state index contributed by atoms with van der Waals surface area (Å²) >= 11 is 0. The quantitative estimate of drug-likeness (QED) is 0.186. The minimum atomic E-state index is 0.512. The molecule has 0 amide bonds. The monoisotopic (exact) mass is 670 g/mol. The van der Waals surface area contributed by atoms with Crippen molar-refractivity contribution in [2.45, 2.75) is 6.92 Å². The third-order valence-electron chi connectivity index (χ3n) is 9.69. The van der Waals surface area contributed by atoms with Crippen molar-refractivity contribution in [1.29, 1.82) is 0 Å². The maximum Gasteiger partial charge on any atom is 0.167 e. The van der Waals surface area contributed by atoms with Gasteiger partial charge in [0.25, 0.3) is 0 Å². The number of fused-ring (bicyclic) bond motifs is 7. The Labute approximate surface area is 298 Å².